The SMILES string of the molecule is CC(C)(C)c1ccc(O)c(C2NC3c4ccccc4CC3OC2=O)c1. The maximum atomic E-state index is 12.6. The molecule has 1 saturated heterocycles. The first-order chi connectivity index (χ1) is 11.8. The smallest absolute Gasteiger partial charge is 0.328 e. The lowest BCUT2D eigenvalue weighted by Crippen LogP contribution is -2.45. The lowest BCUT2D eigenvalue weighted by molar-refractivity contribution is -0.159. The van der Waals surface area contributed by atoms with Crippen LogP contribution in [0.15, 0.2) is 42.5 Å². The van der Waals surface area contributed by atoms with Crippen LogP contribution >= 0.6 is 0 Å². The second-order valence-corrected chi connectivity index (χ2v) is 7.98. The average molecular weight is 337 g/mol. The van der Waals surface area contributed by atoms with E-state index in [2.05, 4.69) is 38.2 Å². The van der Waals surface area contributed by atoms with Gasteiger partial charge in [-0.1, -0.05) is 51.1 Å². The Hall–Kier alpha value is -2.33. The van der Waals surface area contributed by atoms with Gasteiger partial charge in [-0.05, 0) is 34.2 Å². The number of esters is 1. The Labute approximate surface area is 147 Å². The van der Waals surface area contributed by atoms with E-state index in [4.69, 9.17) is 4.74 Å². The molecule has 4 heteroatoms. The van der Waals surface area contributed by atoms with Crippen molar-refractivity contribution >= 4 is 5.97 Å². The second-order valence-electron chi connectivity index (χ2n) is 7.98. The lowest BCUT2D eigenvalue weighted by atomic mass is 9.85. The summed E-state index contributed by atoms with van der Waals surface area (Å²) in [5.41, 5.74) is 3.98. The Bertz CT molecular complexity index is 837. The van der Waals surface area contributed by atoms with Gasteiger partial charge in [0.15, 0.2) is 0 Å². The fraction of sp³-hybridized carbons (Fsp3) is 0.381. The Kier molecular flexibility index (Phi) is 3.62. The van der Waals surface area contributed by atoms with Crippen LogP contribution in [-0.2, 0) is 21.4 Å². The summed E-state index contributed by atoms with van der Waals surface area (Å²) in [6.07, 6.45) is 0.564. The summed E-state index contributed by atoms with van der Waals surface area (Å²) in [6.45, 7) is 6.33. The van der Waals surface area contributed by atoms with Crippen molar-refractivity contribution < 1.29 is 14.6 Å². The molecule has 0 aromatic heterocycles. The number of carbonyl (C=O) groups is 1. The minimum absolute atomic E-state index is 0.0309. The third-order valence-corrected chi connectivity index (χ3v) is 5.24. The standard InChI is InChI=1S/C21H23NO3/c1-21(2,3)13-8-9-16(23)15(11-13)19-20(24)25-17-10-12-6-4-5-7-14(12)18(17)22-19/h4-9,11,17-19,22-23H,10H2,1-3H3. The van der Waals surface area contributed by atoms with Crippen molar-refractivity contribution in [2.75, 3.05) is 0 Å². The van der Waals surface area contributed by atoms with Gasteiger partial charge >= 0.3 is 5.97 Å². The maximum absolute atomic E-state index is 12.6. The molecule has 2 aromatic rings. The van der Waals surface area contributed by atoms with Gasteiger partial charge in [0.1, 0.15) is 17.9 Å². The number of phenols is 1. The van der Waals surface area contributed by atoms with E-state index in [1.54, 1.807) is 6.07 Å². The van der Waals surface area contributed by atoms with Crippen LogP contribution in [0.5, 0.6) is 5.75 Å². The molecule has 0 bridgehead atoms. The number of fused-ring (bicyclic) bond motifs is 3. The van der Waals surface area contributed by atoms with E-state index >= 15 is 0 Å². The molecule has 2 aromatic carbocycles. The van der Waals surface area contributed by atoms with Crippen molar-refractivity contribution in [1.29, 1.82) is 0 Å². The fourth-order valence-electron chi connectivity index (χ4n) is 3.80. The quantitative estimate of drug-likeness (QED) is 0.782. The number of rotatable bonds is 1. The molecule has 4 rings (SSSR count). The first-order valence-corrected chi connectivity index (χ1v) is 8.72. The topological polar surface area (TPSA) is 58.6 Å². The number of morpholine rings is 1. The zero-order chi connectivity index (χ0) is 17.8. The minimum Gasteiger partial charge on any atom is -0.508 e. The molecule has 130 valence electrons. The number of aromatic hydroxyl groups is 1. The minimum atomic E-state index is -0.658. The van der Waals surface area contributed by atoms with E-state index < -0.39 is 6.04 Å². The number of ether oxygens (including phenoxy) is 1. The van der Waals surface area contributed by atoms with Crippen molar-refractivity contribution in [2.24, 2.45) is 0 Å². The zero-order valence-electron chi connectivity index (χ0n) is 14.7. The summed E-state index contributed by atoms with van der Waals surface area (Å²) >= 11 is 0. The Balaban J connectivity index is 1.71. The van der Waals surface area contributed by atoms with E-state index in [0.717, 1.165) is 12.0 Å². The highest BCUT2D eigenvalue weighted by Crippen LogP contribution is 2.41. The molecule has 1 aliphatic carbocycles. The van der Waals surface area contributed by atoms with Crippen molar-refractivity contribution in [2.45, 2.75) is 50.8 Å². The fourth-order valence-corrected chi connectivity index (χ4v) is 3.80. The molecule has 1 heterocycles. The largest absolute Gasteiger partial charge is 0.508 e. The number of nitrogens with one attached hydrogen (secondary N) is 1. The third kappa shape index (κ3) is 2.71. The predicted octanol–water partition coefficient (Wildman–Crippen LogP) is 3.54. The summed E-state index contributed by atoms with van der Waals surface area (Å²) in [4.78, 5) is 12.6. The Morgan fingerprint density at radius 3 is 2.64 bits per heavy atom. The molecule has 4 nitrogen and oxygen atoms in total. The summed E-state index contributed by atoms with van der Waals surface area (Å²) in [5, 5.41) is 13.8. The van der Waals surface area contributed by atoms with Gasteiger partial charge in [0.05, 0.1) is 6.04 Å². The molecule has 2 N–H and O–H groups in total. The summed E-state index contributed by atoms with van der Waals surface area (Å²) in [5.74, 6) is -0.206. The van der Waals surface area contributed by atoms with Crippen molar-refractivity contribution in [1.82, 2.24) is 5.32 Å². The monoisotopic (exact) mass is 337 g/mol. The van der Waals surface area contributed by atoms with Gasteiger partial charge in [0, 0.05) is 12.0 Å². The summed E-state index contributed by atoms with van der Waals surface area (Å²) in [7, 11) is 0. The highest BCUT2D eigenvalue weighted by atomic mass is 16.5. The van der Waals surface area contributed by atoms with Gasteiger partial charge in [-0.2, -0.15) is 0 Å². The van der Waals surface area contributed by atoms with Gasteiger partial charge in [-0.15, -0.1) is 0 Å². The van der Waals surface area contributed by atoms with E-state index in [1.807, 2.05) is 24.3 Å². The van der Waals surface area contributed by atoms with Gasteiger partial charge < -0.3 is 9.84 Å². The number of hydrogen-bond acceptors (Lipinski definition) is 4. The van der Waals surface area contributed by atoms with Crippen LogP contribution in [0, 0.1) is 0 Å². The van der Waals surface area contributed by atoms with E-state index in [1.165, 1.54) is 11.1 Å². The molecular formula is C21H23NO3. The first kappa shape index (κ1) is 16.2. The van der Waals surface area contributed by atoms with Gasteiger partial charge in [-0.3, -0.25) is 5.32 Å². The summed E-state index contributed by atoms with van der Waals surface area (Å²) in [6, 6.07) is 13.0. The molecule has 1 aliphatic heterocycles. The number of carbonyl (C=O) groups excluding carboxylic acids is 1. The molecule has 25 heavy (non-hydrogen) atoms. The van der Waals surface area contributed by atoms with Crippen molar-refractivity contribution in [3.63, 3.8) is 0 Å². The highest BCUT2D eigenvalue weighted by molar-refractivity contribution is 5.80. The van der Waals surface area contributed by atoms with Crippen LogP contribution in [0.2, 0.25) is 0 Å². The van der Waals surface area contributed by atoms with Crippen LogP contribution in [0.4, 0.5) is 0 Å². The number of benzene rings is 2. The molecule has 0 saturated carbocycles. The Morgan fingerprint density at radius 1 is 1.12 bits per heavy atom. The lowest BCUT2D eigenvalue weighted by Gasteiger charge is -2.34. The maximum Gasteiger partial charge on any atom is 0.328 e. The van der Waals surface area contributed by atoms with Crippen LogP contribution in [0.25, 0.3) is 0 Å². The molecule has 0 spiro atoms. The summed E-state index contributed by atoms with van der Waals surface area (Å²) < 4.78 is 5.73. The van der Waals surface area contributed by atoms with Gasteiger partial charge in [0.2, 0.25) is 0 Å². The molecular weight excluding hydrogens is 314 g/mol. The first-order valence-electron chi connectivity index (χ1n) is 8.72. The van der Waals surface area contributed by atoms with E-state index in [9.17, 15) is 9.90 Å². The number of hydrogen-bond donors (Lipinski definition) is 2. The Morgan fingerprint density at radius 2 is 1.88 bits per heavy atom. The highest BCUT2D eigenvalue weighted by Gasteiger charge is 2.44. The van der Waals surface area contributed by atoms with Crippen molar-refractivity contribution in [3.8, 4) is 5.75 Å². The van der Waals surface area contributed by atoms with Gasteiger partial charge in [-0.25, -0.2) is 4.79 Å². The van der Waals surface area contributed by atoms with E-state index in [-0.39, 0.29) is 29.3 Å². The van der Waals surface area contributed by atoms with Crippen LogP contribution in [-0.4, -0.2) is 17.2 Å². The molecule has 3 unspecified atom stereocenters. The molecule has 3 atom stereocenters. The molecule has 0 radical (unpaired) electrons. The third-order valence-electron chi connectivity index (χ3n) is 5.24. The van der Waals surface area contributed by atoms with Crippen LogP contribution < -0.4 is 5.32 Å². The van der Waals surface area contributed by atoms with Crippen LogP contribution in [0.1, 0.15) is 55.1 Å². The molecule has 0 amide bonds. The average Bonchev–Trinajstić information content (AvgIpc) is 2.91. The number of phenolic OH excluding ortho intramolecular Hbond substituents is 1. The predicted molar refractivity (Wildman–Crippen MR) is 95.5 cm³/mol. The van der Waals surface area contributed by atoms with Gasteiger partial charge in [0.25, 0.3) is 0 Å². The van der Waals surface area contributed by atoms with E-state index in [0.29, 0.717) is 5.56 Å². The van der Waals surface area contributed by atoms with Crippen molar-refractivity contribution in [3.05, 3.63) is 64.7 Å². The normalized spacial score (nSPS) is 25.2. The molecule has 1 fully saturated rings. The molecule has 2 aliphatic rings. The van der Waals surface area contributed by atoms with Crippen LogP contribution in [0.3, 0.4) is 0 Å². The zero-order valence-corrected chi connectivity index (χ0v) is 14.7. The second kappa shape index (κ2) is 5.60.